The summed E-state index contributed by atoms with van der Waals surface area (Å²) in [6.45, 7) is 0. The lowest BCUT2D eigenvalue weighted by Crippen LogP contribution is -2.37. The standard InChI is InChI=1S/C12H12BrClN2O3/c13-8-4-7(5-9(6-8)16(18)19)12(17)15-11-3-1-2-10(11)14/h4-6,10-11H,1-3H2,(H,15,17). The molecule has 1 aliphatic rings. The second-order valence-corrected chi connectivity index (χ2v) is 5.96. The maximum atomic E-state index is 12.1. The van der Waals surface area contributed by atoms with Gasteiger partial charge >= 0.3 is 0 Å². The molecule has 2 atom stereocenters. The molecule has 19 heavy (non-hydrogen) atoms. The topological polar surface area (TPSA) is 72.2 Å². The van der Waals surface area contributed by atoms with Crippen molar-refractivity contribution in [1.82, 2.24) is 5.32 Å². The van der Waals surface area contributed by atoms with Gasteiger partial charge in [0.2, 0.25) is 0 Å². The Morgan fingerprint density at radius 2 is 2.16 bits per heavy atom. The highest BCUT2D eigenvalue weighted by Crippen LogP contribution is 2.25. The first kappa shape index (κ1) is 14.3. The number of carbonyl (C=O) groups excluding carboxylic acids is 1. The van der Waals surface area contributed by atoms with Crippen LogP contribution in [0.3, 0.4) is 0 Å². The Kier molecular flexibility index (Phi) is 4.42. The summed E-state index contributed by atoms with van der Waals surface area (Å²) < 4.78 is 0.501. The van der Waals surface area contributed by atoms with Crippen LogP contribution >= 0.6 is 27.5 Å². The van der Waals surface area contributed by atoms with Crippen molar-refractivity contribution in [3.63, 3.8) is 0 Å². The monoisotopic (exact) mass is 346 g/mol. The molecular formula is C12H12BrClN2O3. The third-order valence-electron chi connectivity index (χ3n) is 3.10. The summed E-state index contributed by atoms with van der Waals surface area (Å²) in [5.41, 5.74) is 0.144. The van der Waals surface area contributed by atoms with Gasteiger partial charge < -0.3 is 5.32 Å². The van der Waals surface area contributed by atoms with Crippen LogP contribution in [0.25, 0.3) is 0 Å². The molecule has 1 aromatic rings. The van der Waals surface area contributed by atoms with E-state index in [1.165, 1.54) is 12.1 Å². The molecule has 7 heteroatoms. The van der Waals surface area contributed by atoms with Gasteiger partial charge in [-0.1, -0.05) is 15.9 Å². The number of nitrogens with one attached hydrogen (secondary N) is 1. The minimum absolute atomic E-state index is 0.0628. The Bertz CT molecular complexity index is 524. The van der Waals surface area contributed by atoms with Crippen LogP contribution in [0.4, 0.5) is 5.69 Å². The van der Waals surface area contributed by atoms with E-state index in [1.54, 1.807) is 6.07 Å². The molecule has 1 saturated carbocycles. The first-order chi connectivity index (χ1) is 8.97. The van der Waals surface area contributed by atoms with Crippen LogP contribution in [-0.2, 0) is 0 Å². The van der Waals surface area contributed by atoms with Gasteiger partial charge in [-0.25, -0.2) is 0 Å². The lowest BCUT2D eigenvalue weighted by molar-refractivity contribution is -0.385. The van der Waals surface area contributed by atoms with Crippen LogP contribution in [0.2, 0.25) is 0 Å². The molecule has 0 radical (unpaired) electrons. The Balaban J connectivity index is 2.16. The molecule has 1 amide bonds. The number of amides is 1. The molecule has 0 bridgehead atoms. The van der Waals surface area contributed by atoms with E-state index in [1.807, 2.05) is 0 Å². The van der Waals surface area contributed by atoms with Crippen LogP contribution in [0.5, 0.6) is 0 Å². The van der Waals surface area contributed by atoms with Crippen molar-refractivity contribution in [1.29, 1.82) is 0 Å². The summed E-state index contributed by atoms with van der Waals surface area (Å²) in [5, 5.41) is 13.5. The van der Waals surface area contributed by atoms with E-state index < -0.39 is 4.92 Å². The fourth-order valence-electron chi connectivity index (χ4n) is 2.14. The Labute approximate surface area is 123 Å². The molecule has 2 unspecified atom stereocenters. The summed E-state index contributed by atoms with van der Waals surface area (Å²) in [6, 6.07) is 4.11. The van der Waals surface area contributed by atoms with Gasteiger partial charge in [0.1, 0.15) is 0 Å². The predicted molar refractivity (Wildman–Crippen MR) is 75.5 cm³/mol. The molecule has 1 aliphatic carbocycles. The third kappa shape index (κ3) is 3.45. The minimum atomic E-state index is -0.526. The van der Waals surface area contributed by atoms with Crippen LogP contribution in [0, 0.1) is 10.1 Å². The fourth-order valence-corrected chi connectivity index (χ4v) is 2.96. The number of hydrogen-bond acceptors (Lipinski definition) is 3. The van der Waals surface area contributed by atoms with Gasteiger partial charge in [0.25, 0.3) is 11.6 Å². The fraction of sp³-hybridized carbons (Fsp3) is 0.417. The number of alkyl halides is 1. The second kappa shape index (κ2) is 5.88. The number of nitro groups is 1. The highest BCUT2D eigenvalue weighted by Gasteiger charge is 2.27. The third-order valence-corrected chi connectivity index (χ3v) is 4.08. The number of halogens is 2. The van der Waals surface area contributed by atoms with E-state index in [4.69, 9.17) is 11.6 Å². The molecular weight excluding hydrogens is 336 g/mol. The maximum absolute atomic E-state index is 12.1. The Morgan fingerprint density at radius 3 is 2.74 bits per heavy atom. The molecule has 0 spiro atoms. The van der Waals surface area contributed by atoms with E-state index in [0.717, 1.165) is 19.3 Å². The van der Waals surface area contributed by atoms with Crippen LogP contribution in [0.1, 0.15) is 29.6 Å². The maximum Gasteiger partial charge on any atom is 0.271 e. The van der Waals surface area contributed by atoms with E-state index in [9.17, 15) is 14.9 Å². The quantitative estimate of drug-likeness (QED) is 0.518. The molecule has 1 N–H and O–H groups in total. The average Bonchev–Trinajstić information content (AvgIpc) is 2.74. The molecule has 2 rings (SSSR count). The lowest BCUT2D eigenvalue weighted by atomic mass is 10.1. The SMILES string of the molecule is O=C(NC1CCCC1Cl)c1cc(Br)cc([N+](=O)[O-])c1. The minimum Gasteiger partial charge on any atom is -0.348 e. The van der Waals surface area contributed by atoms with E-state index in [0.29, 0.717) is 4.47 Å². The van der Waals surface area contributed by atoms with E-state index in [2.05, 4.69) is 21.2 Å². The molecule has 0 saturated heterocycles. The molecule has 0 aliphatic heterocycles. The summed E-state index contributed by atoms with van der Waals surface area (Å²) in [5.74, 6) is -0.332. The largest absolute Gasteiger partial charge is 0.348 e. The van der Waals surface area contributed by atoms with Gasteiger partial charge in [-0.3, -0.25) is 14.9 Å². The summed E-state index contributed by atoms with van der Waals surface area (Å²) >= 11 is 9.25. The summed E-state index contributed by atoms with van der Waals surface area (Å²) in [6.07, 6.45) is 2.71. The summed E-state index contributed by atoms with van der Waals surface area (Å²) in [7, 11) is 0. The Hall–Kier alpha value is -1.14. The van der Waals surface area contributed by atoms with Gasteiger partial charge in [-0.05, 0) is 25.3 Å². The highest BCUT2D eigenvalue weighted by molar-refractivity contribution is 9.10. The van der Waals surface area contributed by atoms with E-state index >= 15 is 0 Å². The summed E-state index contributed by atoms with van der Waals surface area (Å²) in [4.78, 5) is 22.3. The predicted octanol–water partition coefficient (Wildman–Crippen LogP) is 3.25. The molecule has 5 nitrogen and oxygen atoms in total. The smallest absolute Gasteiger partial charge is 0.271 e. The van der Waals surface area contributed by atoms with Crippen molar-refractivity contribution in [2.24, 2.45) is 0 Å². The molecule has 0 heterocycles. The van der Waals surface area contributed by atoms with Gasteiger partial charge in [-0.2, -0.15) is 0 Å². The van der Waals surface area contributed by atoms with Crippen molar-refractivity contribution in [3.05, 3.63) is 38.3 Å². The lowest BCUT2D eigenvalue weighted by Gasteiger charge is -2.15. The van der Waals surface area contributed by atoms with Gasteiger partial charge in [-0.15, -0.1) is 11.6 Å². The molecule has 102 valence electrons. The van der Waals surface area contributed by atoms with Gasteiger partial charge in [0.05, 0.1) is 10.3 Å². The number of nitrogens with zero attached hydrogens (tertiary/aromatic N) is 1. The highest BCUT2D eigenvalue weighted by atomic mass is 79.9. The number of nitro benzene ring substituents is 1. The number of rotatable bonds is 3. The zero-order valence-electron chi connectivity index (χ0n) is 9.94. The first-order valence-corrected chi connectivity index (χ1v) is 7.10. The second-order valence-electron chi connectivity index (χ2n) is 4.48. The molecule has 0 aromatic heterocycles. The molecule has 1 fully saturated rings. The zero-order chi connectivity index (χ0) is 14.0. The first-order valence-electron chi connectivity index (χ1n) is 5.87. The van der Waals surface area contributed by atoms with Crippen LogP contribution < -0.4 is 5.32 Å². The van der Waals surface area contributed by atoms with E-state index in [-0.39, 0.29) is 28.6 Å². The number of non-ortho nitro benzene ring substituents is 1. The number of hydrogen-bond donors (Lipinski definition) is 1. The van der Waals surface area contributed by atoms with Crippen molar-refractivity contribution >= 4 is 39.1 Å². The number of carbonyl (C=O) groups is 1. The van der Waals surface area contributed by atoms with Crippen molar-refractivity contribution in [2.75, 3.05) is 0 Å². The average molecular weight is 348 g/mol. The number of benzene rings is 1. The van der Waals surface area contributed by atoms with Crippen LogP contribution in [0.15, 0.2) is 22.7 Å². The van der Waals surface area contributed by atoms with Gasteiger partial charge in [0, 0.05) is 28.2 Å². The van der Waals surface area contributed by atoms with Crippen molar-refractivity contribution in [3.8, 4) is 0 Å². The zero-order valence-corrected chi connectivity index (χ0v) is 12.3. The van der Waals surface area contributed by atoms with Crippen LogP contribution in [-0.4, -0.2) is 22.2 Å². The van der Waals surface area contributed by atoms with Crippen molar-refractivity contribution in [2.45, 2.75) is 30.7 Å². The molecule has 1 aromatic carbocycles. The Morgan fingerprint density at radius 1 is 1.42 bits per heavy atom. The normalized spacial score (nSPS) is 22.2. The van der Waals surface area contributed by atoms with Gasteiger partial charge in [0.15, 0.2) is 0 Å². The van der Waals surface area contributed by atoms with Crippen molar-refractivity contribution < 1.29 is 9.72 Å².